The van der Waals surface area contributed by atoms with E-state index in [1.807, 2.05) is 0 Å². The Morgan fingerprint density at radius 2 is 1.89 bits per heavy atom. The van der Waals surface area contributed by atoms with E-state index >= 15 is 0 Å². The third kappa shape index (κ3) is 5.45. The predicted molar refractivity (Wildman–Crippen MR) is 115 cm³/mol. The van der Waals surface area contributed by atoms with Crippen LogP contribution in [0.3, 0.4) is 0 Å². The lowest BCUT2D eigenvalue weighted by atomic mass is 10.1. The van der Waals surface area contributed by atoms with Gasteiger partial charge in [-0.25, -0.2) is 13.4 Å². The third-order valence-electron chi connectivity index (χ3n) is 5.17. The van der Waals surface area contributed by atoms with Crippen molar-refractivity contribution in [1.29, 1.82) is 0 Å². The molecule has 2 aromatic rings. The molecular weight excluding hydrogens is 372 g/mol. The maximum Gasteiger partial charge on any atom is 0.179 e. The van der Waals surface area contributed by atoms with Crippen LogP contribution >= 0.6 is 0 Å². The molecule has 1 atom stereocenters. The standard InChI is InChI=1S/C21H30N4O2S/c1-17-6-4-7-19(16-17)25-14-12-24(13-15-25)11-9-18(2)23-21-20(28(3,26)27)8-5-10-22-21/h4-8,10,16,18H,9,11-15H2,1-3H3,(H,22,23). The van der Waals surface area contributed by atoms with Gasteiger partial charge in [0.05, 0.1) is 0 Å². The van der Waals surface area contributed by atoms with Crippen molar-refractivity contribution in [3.05, 3.63) is 48.2 Å². The van der Waals surface area contributed by atoms with Gasteiger partial charge >= 0.3 is 0 Å². The molecule has 0 spiro atoms. The van der Waals surface area contributed by atoms with E-state index in [1.165, 1.54) is 17.5 Å². The minimum absolute atomic E-state index is 0.144. The van der Waals surface area contributed by atoms with Gasteiger partial charge in [-0.1, -0.05) is 12.1 Å². The number of nitrogens with one attached hydrogen (secondary N) is 1. The van der Waals surface area contributed by atoms with E-state index in [4.69, 9.17) is 0 Å². The third-order valence-corrected chi connectivity index (χ3v) is 6.30. The van der Waals surface area contributed by atoms with Gasteiger partial charge in [-0.2, -0.15) is 0 Å². The molecule has 1 fully saturated rings. The van der Waals surface area contributed by atoms with Crippen LogP contribution in [0.1, 0.15) is 18.9 Å². The highest BCUT2D eigenvalue weighted by atomic mass is 32.2. The number of pyridine rings is 1. The van der Waals surface area contributed by atoms with Crippen LogP contribution in [-0.4, -0.2) is 63.3 Å². The highest BCUT2D eigenvalue weighted by molar-refractivity contribution is 7.90. The van der Waals surface area contributed by atoms with E-state index in [1.54, 1.807) is 18.3 Å². The summed E-state index contributed by atoms with van der Waals surface area (Å²) in [4.78, 5) is 9.39. The lowest BCUT2D eigenvalue weighted by molar-refractivity contribution is 0.251. The van der Waals surface area contributed by atoms with Crippen molar-refractivity contribution < 1.29 is 8.42 Å². The van der Waals surface area contributed by atoms with Crippen molar-refractivity contribution in [3.63, 3.8) is 0 Å². The summed E-state index contributed by atoms with van der Waals surface area (Å²) in [6, 6.07) is 12.1. The molecule has 0 bridgehead atoms. The van der Waals surface area contributed by atoms with Gasteiger partial charge in [-0.05, 0) is 50.1 Å². The van der Waals surface area contributed by atoms with Crippen molar-refractivity contribution in [2.24, 2.45) is 0 Å². The first-order valence-electron chi connectivity index (χ1n) is 9.78. The van der Waals surface area contributed by atoms with Crippen molar-refractivity contribution in [2.75, 3.05) is 49.2 Å². The van der Waals surface area contributed by atoms with E-state index in [0.29, 0.717) is 5.82 Å². The average Bonchev–Trinajstić information content (AvgIpc) is 2.66. The molecule has 1 saturated heterocycles. The largest absolute Gasteiger partial charge is 0.369 e. The number of sulfone groups is 1. The number of hydrogen-bond donors (Lipinski definition) is 1. The molecule has 0 amide bonds. The smallest absolute Gasteiger partial charge is 0.179 e. The number of piperazine rings is 1. The Hall–Kier alpha value is -2.12. The summed E-state index contributed by atoms with van der Waals surface area (Å²) in [6.45, 7) is 9.33. The molecule has 0 saturated carbocycles. The Morgan fingerprint density at radius 3 is 2.57 bits per heavy atom. The highest BCUT2D eigenvalue weighted by Crippen LogP contribution is 2.20. The normalized spacial score (nSPS) is 16.8. The van der Waals surface area contributed by atoms with Gasteiger partial charge in [-0.3, -0.25) is 4.90 Å². The molecule has 152 valence electrons. The molecule has 28 heavy (non-hydrogen) atoms. The predicted octanol–water partition coefficient (Wildman–Crippen LogP) is 2.81. The fourth-order valence-corrected chi connectivity index (χ4v) is 4.32. The van der Waals surface area contributed by atoms with Crippen LogP contribution in [0.2, 0.25) is 0 Å². The summed E-state index contributed by atoms with van der Waals surface area (Å²) in [5.41, 5.74) is 2.60. The van der Waals surface area contributed by atoms with Gasteiger partial charge in [0.1, 0.15) is 10.7 Å². The van der Waals surface area contributed by atoms with Crippen LogP contribution in [0.4, 0.5) is 11.5 Å². The highest BCUT2D eigenvalue weighted by Gasteiger charge is 2.19. The molecule has 0 radical (unpaired) electrons. The van der Waals surface area contributed by atoms with E-state index in [-0.39, 0.29) is 10.9 Å². The first-order chi connectivity index (χ1) is 13.3. The van der Waals surface area contributed by atoms with Gasteiger partial charge in [0.25, 0.3) is 0 Å². The average molecular weight is 403 g/mol. The molecule has 1 N–H and O–H groups in total. The molecule has 3 rings (SSSR count). The molecule has 1 aliphatic rings. The summed E-state index contributed by atoms with van der Waals surface area (Å²) in [6.07, 6.45) is 3.77. The maximum atomic E-state index is 11.9. The topological polar surface area (TPSA) is 65.5 Å². The number of aromatic nitrogens is 1. The van der Waals surface area contributed by atoms with Crippen molar-refractivity contribution in [2.45, 2.75) is 31.2 Å². The van der Waals surface area contributed by atoms with Gasteiger partial charge < -0.3 is 10.2 Å². The number of benzene rings is 1. The fraction of sp³-hybridized carbons (Fsp3) is 0.476. The van der Waals surface area contributed by atoms with E-state index < -0.39 is 9.84 Å². The summed E-state index contributed by atoms with van der Waals surface area (Å²) in [5.74, 6) is 0.446. The van der Waals surface area contributed by atoms with E-state index in [2.05, 4.69) is 58.2 Å². The lowest BCUT2D eigenvalue weighted by Crippen LogP contribution is -2.47. The number of rotatable bonds is 7. The minimum atomic E-state index is -3.29. The molecule has 1 aliphatic heterocycles. The number of hydrogen-bond acceptors (Lipinski definition) is 6. The van der Waals surface area contributed by atoms with Crippen LogP contribution in [0.5, 0.6) is 0 Å². The van der Waals surface area contributed by atoms with Gasteiger partial charge in [-0.15, -0.1) is 0 Å². The van der Waals surface area contributed by atoms with Crippen LogP contribution in [-0.2, 0) is 9.84 Å². The SMILES string of the molecule is Cc1cccc(N2CCN(CCC(C)Nc3ncccc3S(C)(=O)=O)CC2)c1. The minimum Gasteiger partial charge on any atom is -0.369 e. The van der Waals surface area contributed by atoms with E-state index in [0.717, 1.165) is 39.1 Å². The molecular formula is C21H30N4O2S. The fourth-order valence-electron chi connectivity index (χ4n) is 3.53. The van der Waals surface area contributed by atoms with Gasteiger partial charge in [0.2, 0.25) is 0 Å². The number of nitrogens with zero attached hydrogens (tertiary/aromatic N) is 3. The van der Waals surface area contributed by atoms with Gasteiger partial charge in [0.15, 0.2) is 9.84 Å². The quantitative estimate of drug-likeness (QED) is 0.768. The summed E-state index contributed by atoms with van der Waals surface area (Å²) < 4.78 is 23.8. The van der Waals surface area contributed by atoms with Crippen molar-refractivity contribution >= 4 is 21.3 Å². The lowest BCUT2D eigenvalue weighted by Gasteiger charge is -2.36. The molecule has 0 aliphatic carbocycles. The maximum absolute atomic E-state index is 11.9. The Bertz CT molecular complexity index is 893. The van der Waals surface area contributed by atoms with Crippen LogP contribution in [0, 0.1) is 6.92 Å². The van der Waals surface area contributed by atoms with Crippen LogP contribution < -0.4 is 10.2 Å². The second-order valence-corrected chi connectivity index (χ2v) is 9.61. The van der Waals surface area contributed by atoms with Gasteiger partial charge in [0, 0.05) is 56.9 Å². The molecule has 1 unspecified atom stereocenters. The van der Waals surface area contributed by atoms with Crippen molar-refractivity contribution in [3.8, 4) is 0 Å². The number of aryl methyl sites for hydroxylation is 1. The second kappa shape index (κ2) is 8.92. The zero-order valence-corrected chi connectivity index (χ0v) is 17.7. The summed E-state index contributed by atoms with van der Waals surface area (Å²) >= 11 is 0. The molecule has 1 aromatic carbocycles. The zero-order valence-electron chi connectivity index (χ0n) is 16.9. The number of anilines is 2. The Labute approximate surface area is 168 Å². The van der Waals surface area contributed by atoms with Crippen molar-refractivity contribution in [1.82, 2.24) is 9.88 Å². The molecule has 1 aromatic heterocycles. The Balaban J connectivity index is 1.48. The first-order valence-corrected chi connectivity index (χ1v) is 11.7. The van der Waals surface area contributed by atoms with Crippen LogP contribution in [0.15, 0.2) is 47.5 Å². The molecule has 2 heterocycles. The molecule has 6 nitrogen and oxygen atoms in total. The summed E-state index contributed by atoms with van der Waals surface area (Å²) in [5, 5.41) is 3.27. The second-order valence-electron chi connectivity index (χ2n) is 7.62. The Morgan fingerprint density at radius 1 is 1.14 bits per heavy atom. The van der Waals surface area contributed by atoms with Crippen LogP contribution in [0.25, 0.3) is 0 Å². The Kier molecular flexibility index (Phi) is 6.57. The monoisotopic (exact) mass is 402 g/mol. The zero-order chi connectivity index (χ0) is 20.1. The summed E-state index contributed by atoms with van der Waals surface area (Å²) in [7, 11) is -3.29. The molecule has 7 heteroatoms. The first kappa shape index (κ1) is 20.6. The van der Waals surface area contributed by atoms with E-state index in [9.17, 15) is 8.42 Å².